The van der Waals surface area contributed by atoms with Gasteiger partial charge in [-0.3, -0.25) is 0 Å². The molecule has 6 aromatic rings. The Morgan fingerprint density at radius 2 is 0.734 bits per heavy atom. The number of hydrogen-bond acceptors (Lipinski definition) is 2. The molecule has 0 radical (unpaired) electrons. The third kappa shape index (κ3) is 7.92. The second-order valence-electron chi connectivity index (χ2n) is 20.5. The number of rotatable bonds is 16. The van der Waals surface area contributed by atoms with E-state index in [1.54, 1.807) is 11.1 Å². The van der Waals surface area contributed by atoms with Crippen LogP contribution in [0.2, 0.25) is 0 Å². The summed E-state index contributed by atoms with van der Waals surface area (Å²) in [7, 11) is 0. The lowest BCUT2D eigenvalue weighted by Crippen LogP contribution is -2.43. The predicted molar refractivity (Wildman–Crippen MR) is 276 cm³/mol. The number of hydrogen-bond donors (Lipinski definition) is 0. The van der Waals surface area contributed by atoms with E-state index in [4.69, 9.17) is 0 Å². The Balaban J connectivity index is 1.17. The second kappa shape index (κ2) is 18.4. The molecule has 0 atom stereocenters. The van der Waals surface area contributed by atoms with Gasteiger partial charge in [-0.2, -0.15) is 0 Å². The normalized spacial score (nSPS) is 18.4. The fourth-order valence-electron chi connectivity index (χ4n) is 13.0. The maximum Gasteiger partial charge on any atom is 0.0520 e. The lowest BCUT2D eigenvalue weighted by molar-refractivity contribution is 0.299. The minimum absolute atomic E-state index is 0.134. The van der Waals surface area contributed by atoms with Crippen LogP contribution in [-0.4, -0.2) is 0 Å². The van der Waals surface area contributed by atoms with Crippen LogP contribution < -0.4 is 9.80 Å². The van der Waals surface area contributed by atoms with Gasteiger partial charge in [-0.15, -0.1) is 0 Å². The Bertz CT molecular complexity index is 2370. The number of benzene rings is 6. The Morgan fingerprint density at radius 3 is 1.08 bits per heavy atom. The molecule has 3 aliphatic rings. The lowest BCUT2D eigenvalue weighted by atomic mass is 9.55. The summed E-state index contributed by atoms with van der Waals surface area (Å²) >= 11 is 0. The molecule has 332 valence electrons. The fraction of sp³-hybridized carbons (Fsp3) is 0.419. The summed E-state index contributed by atoms with van der Waals surface area (Å²) in [5.41, 5.74) is 25.1. The van der Waals surface area contributed by atoms with Gasteiger partial charge in [-0.05, 0) is 197 Å². The van der Waals surface area contributed by atoms with Gasteiger partial charge in [0.05, 0.1) is 11.4 Å². The minimum atomic E-state index is 0.134. The zero-order chi connectivity index (χ0) is 44.6. The largest absolute Gasteiger partial charge is 0.310 e. The minimum Gasteiger partial charge on any atom is -0.310 e. The Labute approximate surface area is 387 Å². The SMILES string of the molecule is CCCCCCc1cc(C)c(N(c2ccc(C)cc2)c2ccc3c(c2)C24CCCC2(CCC4)c2cc(N(c4ccc(C)cc4)c4c(C)cc(CCCCCC)cc4C)ccc2-3)c(C)c1. The number of anilines is 6. The van der Waals surface area contributed by atoms with Gasteiger partial charge in [0.1, 0.15) is 0 Å². The van der Waals surface area contributed by atoms with Crippen molar-refractivity contribution in [3.8, 4) is 11.1 Å². The van der Waals surface area contributed by atoms with E-state index in [0.29, 0.717) is 0 Å². The average Bonchev–Trinajstić information content (AvgIpc) is 3.86. The van der Waals surface area contributed by atoms with Crippen molar-refractivity contribution in [3.05, 3.63) is 165 Å². The van der Waals surface area contributed by atoms with Crippen molar-refractivity contribution >= 4 is 34.1 Å². The second-order valence-corrected chi connectivity index (χ2v) is 20.5. The summed E-state index contributed by atoms with van der Waals surface area (Å²) < 4.78 is 0. The summed E-state index contributed by atoms with van der Waals surface area (Å²) in [4.78, 5) is 5.18. The third-order valence-electron chi connectivity index (χ3n) is 15.9. The van der Waals surface area contributed by atoms with Crippen LogP contribution in [0.3, 0.4) is 0 Å². The molecule has 0 bridgehead atoms. The van der Waals surface area contributed by atoms with Crippen LogP contribution in [0.4, 0.5) is 34.1 Å². The summed E-state index contributed by atoms with van der Waals surface area (Å²) in [6.07, 6.45) is 20.3. The highest BCUT2D eigenvalue weighted by atomic mass is 15.2. The van der Waals surface area contributed by atoms with Crippen LogP contribution >= 0.6 is 0 Å². The molecule has 3 aliphatic carbocycles. The summed E-state index contributed by atoms with van der Waals surface area (Å²) in [5, 5.41) is 0. The van der Waals surface area contributed by atoms with Gasteiger partial charge in [-0.1, -0.05) is 137 Å². The molecule has 0 aromatic heterocycles. The molecule has 2 nitrogen and oxygen atoms in total. The summed E-state index contributed by atoms with van der Waals surface area (Å²) in [6.45, 7) is 18.4. The van der Waals surface area contributed by atoms with E-state index in [2.05, 4.69) is 174 Å². The predicted octanol–water partition coefficient (Wildman–Crippen LogP) is 18.2. The summed E-state index contributed by atoms with van der Waals surface area (Å²) in [6, 6.07) is 43.6. The molecule has 0 aliphatic heterocycles. The van der Waals surface area contributed by atoms with E-state index in [-0.39, 0.29) is 10.8 Å². The van der Waals surface area contributed by atoms with Crippen LogP contribution in [0.5, 0.6) is 0 Å². The molecule has 64 heavy (non-hydrogen) atoms. The standard InChI is InChI=1S/C62H74N2/c1-9-11-13-15-19-49-37-45(5)59(46(6)38-49)63(51-25-21-43(3)22-26-51)53-29-31-55-56-32-30-54(42-58(56)62-35-17-33-61(62,34-18-36-62)57(55)41-53)64(52-27-23-44(4)24-28-52)60-47(7)39-50(40-48(60)8)20-16-14-12-10-2/h21-32,37-42H,9-20,33-36H2,1-8H3. The van der Waals surface area contributed by atoms with E-state index in [1.807, 2.05) is 0 Å². The molecule has 0 unspecified atom stereocenters. The van der Waals surface area contributed by atoms with Gasteiger partial charge in [-0.25, -0.2) is 0 Å². The maximum atomic E-state index is 2.66. The van der Waals surface area contributed by atoms with Gasteiger partial charge in [0.25, 0.3) is 0 Å². The first-order chi connectivity index (χ1) is 31.1. The van der Waals surface area contributed by atoms with Crippen molar-refractivity contribution in [2.75, 3.05) is 9.80 Å². The van der Waals surface area contributed by atoms with E-state index in [0.717, 1.165) is 12.8 Å². The molecule has 9 rings (SSSR count). The third-order valence-corrected chi connectivity index (χ3v) is 15.9. The molecule has 0 spiro atoms. The van der Waals surface area contributed by atoms with E-state index in [1.165, 1.54) is 180 Å². The molecular weight excluding hydrogens is 773 g/mol. The van der Waals surface area contributed by atoms with Crippen LogP contribution in [0.1, 0.15) is 159 Å². The molecular formula is C62H74N2. The van der Waals surface area contributed by atoms with Crippen LogP contribution in [0.25, 0.3) is 11.1 Å². The highest BCUT2D eigenvalue weighted by Gasteiger charge is 2.62. The number of fused-ring (bicyclic) bond motifs is 3. The average molecular weight is 847 g/mol. The topological polar surface area (TPSA) is 6.48 Å². The summed E-state index contributed by atoms with van der Waals surface area (Å²) in [5.74, 6) is 0. The van der Waals surface area contributed by atoms with Gasteiger partial charge in [0, 0.05) is 33.6 Å². The molecule has 2 fully saturated rings. The van der Waals surface area contributed by atoms with Crippen LogP contribution in [0.15, 0.2) is 109 Å². The number of aryl methyl sites for hydroxylation is 8. The van der Waals surface area contributed by atoms with Crippen molar-refractivity contribution in [2.24, 2.45) is 0 Å². The van der Waals surface area contributed by atoms with Gasteiger partial charge >= 0.3 is 0 Å². The van der Waals surface area contributed by atoms with Crippen LogP contribution in [0, 0.1) is 41.5 Å². The van der Waals surface area contributed by atoms with Crippen molar-refractivity contribution < 1.29 is 0 Å². The zero-order valence-electron chi connectivity index (χ0n) is 40.6. The fourth-order valence-corrected chi connectivity index (χ4v) is 13.0. The zero-order valence-corrected chi connectivity index (χ0v) is 40.6. The monoisotopic (exact) mass is 847 g/mol. The highest BCUT2D eigenvalue weighted by Crippen LogP contribution is 2.70. The number of unbranched alkanes of at least 4 members (excludes halogenated alkanes) is 6. The van der Waals surface area contributed by atoms with Gasteiger partial charge in [0.15, 0.2) is 0 Å². The number of nitrogens with zero attached hydrogens (tertiary/aromatic N) is 2. The highest BCUT2D eigenvalue weighted by molar-refractivity contribution is 5.89. The Hall–Kier alpha value is -5.08. The van der Waals surface area contributed by atoms with Crippen molar-refractivity contribution in [1.29, 1.82) is 0 Å². The molecule has 0 amide bonds. The van der Waals surface area contributed by atoms with Crippen molar-refractivity contribution in [1.82, 2.24) is 0 Å². The Morgan fingerprint density at radius 1 is 0.391 bits per heavy atom. The smallest absolute Gasteiger partial charge is 0.0520 e. The molecule has 0 heterocycles. The van der Waals surface area contributed by atoms with Gasteiger partial charge in [0.2, 0.25) is 0 Å². The van der Waals surface area contributed by atoms with E-state index >= 15 is 0 Å². The molecule has 0 N–H and O–H groups in total. The quantitative estimate of drug-likeness (QED) is 0.0896. The molecule has 2 saturated carbocycles. The maximum absolute atomic E-state index is 2.66. The molecule has 2 heteroatoms. The van der Waals surface area contributed by atoms with E-state index < -0.39 is 0 Å². The first kappa shape index (κ1) is 44.1. The van der Waals surface area contributed by atoms with E-state index in [9.17, 15) is 0 Å². The van der Waals surface area contributed by atoms with Crippen molar-refractivity contribution in [3.63, 3.8) is 0 Å². The Kier molecular flexibility index (Phi) is 12.7. The lowest BCUT2D eigenvalue weighted by Gasteiger charge is -2.48. The van der Waals surface area contributed by atoms with Gasteiger partial charge < -0.3 is 9.80 Å². The molecule has 6 aromatic carbocycles. The first-order valence-electron chi connectivity index (χ1n) is 25.3. The first-order valence-corrected chi connectivity index (χ1v) is 25.3. The molecule has 0 saturated heterocycles. The van der Waals surface area contributed by atoms with Crippen molar-refractivity contribution in [2.45, 2.75) is 169 Å². The van der Waals surface area contributed by atoms with Crippen LogP contribution in [-0.2, 0) is 23.7 Å².